The quantitative estimate of drug-likeness (QED) is 0.102. The molecule has 1 aromatic rings. The van der Waals surface area contributed by atoms with Crippen LogP contribution in [-0.4, -0.2) is 83.6 Å². The van der Waals surface area contributed by atoms with Gasteiger partial charge in [-0.05, 0) is 18.8 Å². The molecule has 1 fully saturated rings. The molecule has 1 aliphatic carbocycles. The first-order chi connectivity index (χ1) is 17.2. The van der Waals surface area contributed by atoms with Crippen molar-refractivity contribution in [2.24, 2.45) is 28.3 Å². The normalized spacial score (nSPS) is 25.5. The highest BCUT2D eigenvalue weighted by molar-refractivity contribution is 7.54. The topological polar surface area (TPSA) is 240 Å². The van der Waals surface area contributed by atoms with E-state index >= 15 is 0 Å². The number of aliphatic imine (C=N–C) groups is 1. The first-order valence-corrected chi connectivity index (χ1v) is 13.3. The summed E-state index contributed by atoms with van der Waals surface area (Å²) in [5.41, 5.74) is 15.7. The molecule has 1 saturated carbocycles. The molecule has 2 rings (SSSR count). The first kappa shape index (κ1) is 30.8. The van der Waals surface area contributed by atoms with Crippen molar-refractivity contribution >= 4 is 37.3 Å². The van der Waals surface area contributed by atoms with Crippen LogP contribution in [0.15, 0.2) is 4.99 Å². The fraction of sp³-hybridized carbons (Fsp3) is 0.714. The lowest BCUT2D eigenvalue weighted by Gasteiger charge is -2.29. The molecule has 37 heavy (non-hydrogen) atoms. The van der Waals surface area contributed by atoms with E-state index in [1.165, 1.54) is 20.4 Å². The Morgan fingerprint density at radius 1 is 1.32 bits per heavy atom. The highest BCUT2D eigenvalue weighted by Crippen LogP contribution is 2.53. The molecule has 0 spiro atoms. The lowest BCUT2D eigenvalue weighted by molar-refractivity contribution is -0.146. The molecule has 6 unspecified atom stereocenters. The van der Waals surface area contributed by atoms with Crippen molar-refractivity contribution in [1.82, 2.24) is 15.1 Å². The fourth-order valence-corrected chi connectivity index (χ4v) is 5.15. The van der Waals surface area contributed by atoms with Crippen LogP contribution in [-0.2, 0) is 23.4 Å². The standard InChI is InChI=1S/C21H38N7O8P/c1-7-35-19(30)14(10(2)3)28-37(24,32)36-9-13(33-5)16(29)21(31)11(4)12(21)8-25-15-17(22)26-20(23)27-18(15)34-6/h8,10-14,16,29,31H,7,9H2,1-6H3,(H3,24,28,32)(H4,22,23,26,27)/b25-8-/t11?,12?,13?,14?,16?,21-,37?/m0/s1. The molecule has 15 nitrogen and oxygen atoms in total. The SMILES string of the molecule is CCOC(=O)C(NP(N)(=O)OCC(OC)C(O)[C@]1(O)C(C)C1/C=N\c1c(N)nc(N)nc1OC)C(C)C. The van der Waals surface area contributed by atoms with Gasteiger partial charge in [-0.15, -0.1) is 0 Å². The second-order valence-corrected chi connectivity index (χ2v) is 10.7. The van der Waals surface area contributed by atoms with Crippen molar-refractivity contribution in [3.8, 4) is 5.88 Å². The molecule has 0 amide bonds. The van der Waals surface area contributed by atoms with Crippen LogP contribution in [0, 0.1) is 17.8 Å². The predicted octanol–water partition coefficient (Wildman–Crippen LogP) is -0.0145. The first-order valence-electron chi connectivity index (χ1n) is 11.6. The summed E-state index contributed by atoms with van der Waals surface area (Å²) in [4.78, 5) is 24.2. The maximum Gasteiger partial charge on any atom is 0.338 e. The monoisotopic (exact) mass is 547 g/mol. The number of hydrogen-bond acceptors (Lipinski definition) is 13. The number of nitrogens with two attached hydrogens (primary N) is 3. The van der Waals surface area contributed by atoms with Crippen molar-refractivity contribution in [3.05, 3.63) is 0 Å². The van der Waals surface area contributed by atoms with Gasteiger partial charge < -0.3 is 40.4 Å². The van der Waals surface area contributed by atoms with Gasteiger partial charge in [-0.3, -0.25) is 14.4 Å². The summed E-state index contributed by atoms with van der Waals surface area (Å²) >= 11 is 0. The number of hydrogen-bond donors (Lipinski definition) is 6. The molecule has 1 aromatic heterocycles. The third kappa shape index (κ3) is 7.13. The largest absolute Gasteiger partial charge is 0.479 e. The number of aliphatic hydroxyl groups excluding tert-OH is 1. The van der Waals surface area contributed by atoms with E-state index in [-0.39, 0.29) is 35.9 Å². The molecule has 0 radical (unpaired) electrons. The number of aromatic nitrogens is 2. The molecule has 9 N–H and O–H groups in total. The summed E-state index contributed by atoms with van der Waals surface area (Å²) in [6.45, 7) is 6.49. The number of anilines is 2. The zero-order valence-corrected chi connectivity index (χ0v) is 22.7. The fourth-order valence-electron chi connectivity index (χ4n) is 3.91. The molecule has 1 heterocycles. The number of carbonyl (C=O) groups excluding carboxylic acids is 1. The van der Waals surface area contributed by atoms with Gasteiger partial charge in [-0.25, -0.2) is 10.6 Å². The maximum absolute atomic E-state index is 12.8. The molecule has 0 aromatic carbocycles. The van der Waals surface area contributed by atoms with E-state index in [9.17, 15) is 19.6 Å². The van der Waals surface area contributed by atoms with Crippen LogP contribution < -0.4 is 26.8 Å². The minimum atomic E-state index is -4.02. The van der Waals surface area contributed by atoms with Gasteiger partial charge in [0.25, 0.3) is 0 Å². The van der Waals surface area contributed by atoms with Gasteiger partial charge in [0.05, 0.1) is 20.3 Å². The second-order valence-electron chi connectivity index (χ2n) is 9.02. The number of carbonyl (C=O) groups is 1. The summed E-state index contributed by atoms with van der Waals surface area (Å²) in [6.07, 6.45) is -1.20. The minimum Gasteiger partial charge on any atom is -0.479 e. The van der Waals surface area contributed by atoms with E-state index in [1.807, 2.05) is 0 Å². The van der Waals surface area contributed by atoms with Crippen molar-refractivity contribution in [2.45, 2.75) is 51.5 Å². The van der Waals surface area contributed by atoms with Crippen LogP contribution in [0.5, 0.6) is 5.88 Å². The zero-order valence-electron chi connectivity index (χ0n) is 21.8. The van der Waals surface area contributed by atoms with Crippen molar-refractivity contribution in [3.63, 3.8) is 0 Å². The predicted molar refractivity (Wildman–Crippen MR) is 136 cm³/mol. The van der Waals surface area contributed by atoms with Crippen LogP contribution >= 0.6 is 7.67 Å². The van der Waals surface area contributed by atoms with E-state index in [2.05, 4.69) is 20.0 Å². The third-order valence-corrected chi connectivity index (χ3v) is 7.40. The lowest BCUT2D eigenvalue weighted by atomic mass is 10.0. The summed E-state index contributed by atoms with van der Waals surface area (Å²) in [7, 11) is -1.37. The van der Waals surface area contributed by atoms with Gasteiger partial charge in [-0.2, -0.15) is 9.97 Å². The van der Waals surface area contributed by atoms with Crippen LogP contribution in [0.1, 0.15) is 27.7 Å². The molecule has 0 bridgehead atoms. The number of esters is 1. The Balaban J connectivity index is 2.10. The number of aliphatic hydroxyl groups is 2. The van der Waals surface area contributed by atoms with Crippen LogP contribution in [0.3, 0.4) is 0 Å². The summed E-state index contributed by atoms with van der Waals surface area (Å²) in [5, 5.41) is 24.6. The number of ether oxygens (including phenoxy) is 3. The number of nitrogens with one attached hydrogen (secondary N) is 1. The zero-order chi connectivity index (χ0) is 28.1. The molecular formula is C21H38N7O8P. The van der Waals surface area contributed by atoms with Crippen molar-refractivity contribution in [1.29, 1.82) is 0 Å². The van der Waals surface area contributed by atoms with Gasteiger partial charge in [0.1, 0.15) is 23.9 Å². The van der Waals surface area contributed by atoms with Crippen LogP contribution in [0.4, 0.5) is 17.5 Å². The average molecular weight is 548 g/mol. The van der Waals surface area contributed by atoms with E-state index in [1.54, 1.807) is 27.7 Å². The minimum absolute atomic E-state index is 0.0186. The molecular weight excluding hydrogens is 509 g/mol. The molecule has 0 saturated heterocycles. The Kier molecular flexibility index (Phi) is 10.4. The molecule has 7 atom stereocenters. The molecule has 16 heteroatoms. The van der Waals surface area contributed by atoms with Crippen molar-refractivity contribution < 1.29 is 38.3 Å². The summed E-state index contributed by atoms with van der Waals surface area (Å²) in [6, 6.07) is -0.975. The van der Waals surface area contributed by atoms with Crippen molar-refractivity contribution in [2.75, 3.05) is 38.9 Å². The number of nitrogens with zero attached hydrogens (tertiary/aromatic N) is 3. The molecule has 210 valence electrons. The Labute approximate surface area is 215 Å². The van der Waals surface area contributed by atoms with E-state index in [0.717, 1.165) is 0 Å². The van der Waals surface area contributed by atoms with E-state index in [0.29, 0.717) is 0 Å². The van der Waals surface area contributed by atoms with E-state index < -0.39 is 55.9 Å². The number of nitrogen functional groups attached to an aromatic ring is 2. The Hall–Kier alpha value is -2.39. The number of methoxy groups -OCH3 is 2. The maximum atomic E-state index is 12.8. The Morgan fingerprint density at radius 3 is 2.51 bits per heavy atom. The molecule has 1 aliphatic rings. The Bertz CT molecular complexity index is 1030. The molecule has 0 aliphatic heterocycles. The van der Waals surface area contributed by atoms with Gasteiger partial charge in [0.2, 0.25) is 11.8 Å². The summed E-state index contributed by atoms with van der Waals surface area (Å²) in [5.74, 6) is -2.03. The lowest BCUT2D eigenvalue weighted by Crippen LogP contribution is -2.46. The van der Waals surface area contributed by atoms with Crippen LogP contribution in [0.25, 0.3) is 0 Å². The second kappa shape index (κ2) is 12.4. The smallest absolute Gasteiger partial charge is 0.338 e. The van der Waals surface area contributed by atoms with E-state index in [4.69, 9.17) is 35.7 Å². The van der Waals surface area contributed by atoms with Gasteiger partial charge in [-0.1, -0.05) is 20.8 Å². The van der Waals surface area contributed by atoms with Gasteiger partial charge in [0, 0.05) is 19.2 Å². The van der Waals surface area contributed by atoms with Gasteiger partial charge >= 0.3 is 13.6 Å². The van der Waals surface area contributed by atoms with Gasteiger partial charge in [0.15, 0.2) is 11.5 Å². The van der Waals surface area contributed by atoms with Crippen LogP contribution in [0.2, 0.25) is 0 Å². The third-order valence-electron chi connectivity index (χ3n) is 6.23. The summed E-state index contributed by atoms with van der Waals surface area (Å²) < 4.78 is 33.5. The highest BCUT2D eigenvalue weighted by Gasteiger charge is 2.66. The average Bonchev–Trinajstić information content (AvgIpc) is 3.36. The highest BCUT2D eigenvalue weighted by atomic mass is 31.2. The number of rotatable bonds is 14. The Morgan fingerprint density at radius 2 is 1.97 bits per heavy atom.